The molecule has 1 aliphatic rings. The first kappa shape index (κ1) is 22.8. The smallest absolute Gasteiger partial charge is 0.387 e. The van der Waals surface area contributed by atoms with E-state index in [-0.39, 0.29) is 11.7 Å². The number of fused-ring (bicyclic) bond motifs is 1. The summed E-state index contributed by atoms with van der Waals surface area (Å²) in [6, 6.07) is 12.4. The van der Waals surface area contributed by atoms with Crippen molar-refractivity contribution in [1.82, 2.24) is 29.5 Å². The fraction of sp³-hybridized carbons (Fsp3) is 0.333. The molecule has 0 fully saturated rings. The van der Waals surface area contributed by atoms with E-state index in [2.05, 4.69) is 25.2 Å². The molecule has 1 atom stereocenters. The lowest BCUT2D eigenvalue weighted by Crippen LogP contribution is -2.08. The molecule has 2 aromatic carbocycles. The first-order valence-electron chi connectivity index (χ1n) is 11.3. The molecule has 1 aliphatic heterocycles. The summed E-state index contributed by atoms with van der Waals surface area (Å²) in [6.07, 6.45) is 4.54. The van der Waals surface area contributed by atoms with Gasteiger partial charge >= 0.3 is 6.61 Å². The number of aromatic nitrogens is 6. The number of hydrogen-bond acceptors (Lipinski definition) is 7. The second-order valence-corrected chi connectivity index (χ2v) is 8.26. The highest BCUT2D eigenvalue weighted by molar-refractivity contribution is 5.61. The highest BCUT2D eigenvalue weighted by Gasteiger charge is 2.25. The standard InChI is InChI=1S/C24H25F2N7O2/c1-15-27-14-33(30-15)20-11-8-17(13-21(20)34-2)28-24-29-22-19(5-3-4-12-32(22)31-24)16-6-9-18(10-7-16)35-23(25)26/h6-11,13-14,19,23H,3-5,12H2,1-2H3,(H,28,31). The predicted molar refractivity (Wildman–Crippen MR) is 125 cm³/mol. The molecular weight excluding hydrogens is 456 g/mol. The van der Waals surface area contributed by atoms with Crippen molar-refractivity contribution in [1.29, 1.82) is 0 Å². The topological polar surface area (TPSA) is 91.9 Å². The molecule has 9 nitrogen and oxygen atoms in total. The van der Waals surface area contributed by atoms with E-state index in [0.29, 0.717) is 17.5 Å². The molecule has 1 unspecified atom stereocenters. The van der Waals surface area contributed by atoms with Crippen LogP contribution < -0.4 is 14.8 Å². The summed E-state index contributed by atoms with van der Waals surface area (Å²) in [7, 11) is 1.60. The maximum atomic E-state index is 12.5. The van der Waals surface area contributed by atoms with Crippen LogP contribution in [0.3, 0.4) is 0 Å². The van der Waals surface area contributed by atoms with Crippen LogP contribution in [-0.2, 0) is 6.54 Å². The van der Waals surface area contributed by atoms with Crippen molar-refractivity contribution in [2.45, 2.75) is 45.3 Å². The molecule has 0 amide bonds. The monoisotopic (exact) mass is 481 g/mol. The number of halogens is 2. The van der Waals surface area contributed by atoms with Crippen molar-refractivity contribution in [3.63, 3.8) is 0 Å². The van der Waals surface area contributed by atoms with Crippen LogP contribution in [0.2, 0.25) is 0 Å². The molecule has 0 saturated heterocycles. The largest absolute Gasteiger partial charge is 0.494 e. The summed E-state index contributed by atoms with van der Waals surface area (Å²) in [5, 5.41) is 12.3. The predicted octanol–water partition coefficient (Wildman–Crippen LogP) is 4.84. The van der Waals surface area contributed by atoms with Gasteiger partial charge in [-0.1, -0.05) is 18.6 Å². The number of alkyl halides is 2. The number of aryl methyl sites for hydroxylation is 2. The van der Waals surface area contributed by atoms with Crippen molar-refractivity contribution in [2.75, 3.05) is 12.4 Å². The first-order chi connectivity index (χ1) is 17.0. The van der Waals surface area contributed by atoms with E-state index in [0.717, 1.165) is 48.6 Å². The quantitative estimate of drug-likeness (QED) is 0.404. The van der Waals surface area contributed by atoms with Crippen molar-refractivity contribution < 1.29 is 18.3 Å². The molecule has 35 heavy (non-hydrogen) atoms. The van der Waals surface area contributed by atoms with E-state index < -0.39 is 6.61 Å². The molecule has 4 aromatic rings. The van der Waals surface area contributed by atoms with E-state index in [1.807, 2.05) is 41.9 Å². The zero-order valence-electron chi connectivity index (χ0n) is 19.4. The molecule has 0 spiro atoms. The number of rotatable bonds is 7. The third kappa shape index (κ3) is 4.93. The first-order valence-corrected chi connectivity index (χ1v) is 11.3. The lowest BCUT2D eigenvalue weighted by molar-refractivity contribution is -0.0498. The summed E-state index contributed by atoms with van der Waals surface area (Å²) in [4.78, 5) is 8.97. The SMILES string of the molecule is COc1cc(Nc2nc3n(n2)CCCCC3c2ccc(OC(F)F)cc2)ccc1-n1cnc(C)n1. The second kappa shape index (κ2) is 9.69. The van der Waals surface area contributed by atoms with Crippen LogP contribution in [-0.4, -0.2) is 43.3 Å². The number of nitrogens with zero attached hydrogens (tertiary/aromatic N) is 6. The molecule has 11 heteroatoms. The second-order valence-electron chi connectivity index (χ2n) is 8.26. The molecule has 3 heterocycles. The van der Waals surface area contributed by atoms with Crippen LogP contribution in [0.5, 0.6) is 11.5 Å². The lowest BCUT2D eigenvalue weighted by Gasteiger charge is -2.15. The Labute approximate surface area is 200 Å². The van der Waals surface area contributed by atoms with Crippen molar-refractivity contribution in [2.24, 2.45) is 0 Å². The fourth-order valence-electron chi connectivity index (χ4n) is 4.30. The van der Waals surface area contributed by atoms with Crippen molar-refractivity contribution in [3.05, 3.63) is 66.0 Å². The Morgan fingerprint density at radius 3 is 2.63 bits per heavy atom. The number of hydrogen-bond donors (Lipinski definition) is 1. The summed E-state index contributed by atoms with van der Waals surface area (Å²) in [6.45, 7) is -0.254. The Bertz CT molecular complexity index is 1300. The van der Waals surface area contributed by atoms with Gasteiger partial charge in [-0.2, -0.15) is 18.9 Å². The maximum Gasteiger partial charge on any atom is 0.387 e. The van der Waals surface area contributed by atoms with Gasteiger partial charge in [-0.3, -0.25) is 0 Å². The summed E-state index contributed by atoms with van der Waals surface area (Å²) in [5.41, 5.74) is 2.53. The zero-order chi connectivity index (χ0) is 24.4. The zero-order valence-corrected chi connectivity index (χ0v) is 19.4. The molecule has 5 rings (SSSR count). The minimum atomic E-state index is -2.84. The van der Waals surface area contributed by atoms with Crippen molar-refractivity contribution in [3.8, 4) is 17.2 Å². The van der Waals surface area contributed by atoms with E-state index in [1.54, 1.807) is 30.3 Å². The summed E-state index contributed by atoms with van der Waals surface area (Å²) >= 11 is 0. The number of nitrogens with one attached hydrogen (secondary N) is 1. The number of anilines is 2. The van der Waals surface area contributed by atoms with Crippen LogP contribution in [0.15, 0.2) is 48.8 Å². The van der Waals surface area contributed by atoms with E-state index in [1.165, 1.54) is 0 Å². The molecule has 0 radical (unpaired) electrons. The van der Waals surface area contributed by atoms with Gasteiger partial charge in [0, 0.05) is 24.2 Å². The third-order valence-corrected chi connectivity index (χ3v) is 5.92. The Morgan fingerprint density at radius 1 is 1.09 bits per heavy atom. The van der Waals surface area contributed by atoms with Gasteiger partial charge in [0.05, 0.1) is 7.11 Å². The van der Waals surface area contributed by atoms with Crippen LogP contribution in [0.25, 0.3) is 5.69 Å². The van der Waals surface area contributed by atoms with Crippen LogP contribution in [0.4, 0.5) is 20.4 Å². The van der Waals surface area contributed by atoms with Gasteiger partial charge in [-0.15, -0.1) is 5.10 Å². The molecule has 0 bridgehead atoms. The molecule has 1 N–H and O–H groups in total. The van der Waals surface area contributed by atoms with Gasteiger partial charge in [0.2, 0.25) is 5.95 Å². The normalized spacial score (nSPS) is 15.5. The molecule has 0 aliphatic carbocycles. The van der Waals surface area contributed by atoms with Crippen LogP contribution in [0.1, 0.15) is 42.4 Å². The van der Waals surface area contributed by atoms with E-state index >= 15 is 0 Å². The van der Waals surface area contributed by atoms with Crippen LogP contribution in [0, 0.1) is 6.92 Å². The van der Waals surface area contributed by atoms with Gasteiger partial charge in [-0.25, -0.2) is 14.3 Å². The highest BCUT2D eigenvalue weighted by Crippen LogP contribution is 2.34. The minimum Gasteiger partial charge on any atom is -0.494 e. The van der Waals surface area contributed by atoms with Gasteiger partial charge < -0.3 is 14.8 Å². The van der Waals surface area contributed by atoms with E-state index in [4.69, 9.17) is 9.72 Å². The van der Waals surface area contributed by atoms with Gasteiger partial charge in [-0.05, 0) is 49.6 Å². The fourth-order valence-corrected chi connectivity index (χ4v) is 4.30. The summed E-state index contributed by atoms with van der Waals surface area (Å²) in [5.74, 6) is 2.77. The lowest BCUT2D eigenvalue weighted by atomic mass is 9.93. The van der Waals surface area contributed by atoms with Gasteiger partial charge in [0.25, 0.3) is 0 Å². The minimum absolute atomic E-state index is 0.00798. The van der Waals surface area contributed by atoms with Gasteiger partial charge in [0.15, 0.2) is 0 Å². The Balaban J connectivity index is 1.39. The summed E-state index contributed by atoms with van der Waals surface area (Å²) < 4.78 is 38.6. The number of ether oxygens (including phenoxy) is 2. The van der Waals surface area contributed by atoms with Crippen LogP contribution >= 0.6 is 0 Å². The van der Waals surface area contributed by atoms with Gasteiger partial charge in [0.1, 0.15) is 35.2 Å². The molecular formula is C24H25F2N7O2. The maximum absolute atomic E-state index is 12.5. The third-order valence-electron chi connectivity index (χ3n) is 5.92. The average Bonchev–Trinajstić information content (AvgIpc) is 3.40. The Hall–Kier alpha value is -4.02. The van der Waals surface area contributed by atoms with Crippen molar-refractivity contribution >= 4 is 11.6 Å². The molecule has 182 valence electrons. The number of benzene rings is 2. The van der Waals surface area contributed by atoms with E-state index in [9.17, 15) is 8.78 Å². The Morgan fingerprint density at radius 2 is 1.91 bits per heavy atom. The number of methoxy groups -OCH3 is 1. The Kier molecular flexibility index (Phi) is 6.30. The average molecular weight is 482 g/mol. The molecule has 2 aromatic heterocycles. The highest BCUT2D eigenvalue weighted by atomic mass is 19.3. The molecule has 0 saturated carbocycles.